The second-order valence-corrected chi connectivity index (χ2v) is 7.00. The van der Waals surface area contributed by atoms with Crippen LogP contribution in [-0.2, 0) is 6.42 Å². The quantitative estimate of drug-likeness (QED) is 0.515. The number of rotatable bonds is 10. The largest absolute Gasteiger partial charge is 0.493 e. The fourth-order valence-corrected chi connectivity index (χ4v) is 3.06. The fourth-order valence-electron chi connectivity index (χ4n) is 3.06. The molecule has 0 saturated heterocycles. The van der Waals surface area contributed by atoms with Gasteiger partial charge in [-0.15, -0.1) is 0 Å². The highest BCUT2D eigenvalue weighted by Crippen LogP contribution is 2.21. The van der Waals surface area contributed by atoms with Crippen LogP contribution in [0.4, 0.5) is 0 Å². The van der Waals surface area contributed by atoms with Crippen molar-refractivity contribution in [1.29, 1.82) is 0 Å². The van der Waals surface area contributed by atoms with E-state index < -0.39 is 12.2 Å². The van der Waals surface area contributed by atoms with Crippen molar-refractivity contribution in [3.8, 4) is 5.75 Å². The minimum Gasteiger partial charge on any atom is -0.493 e. The van der Waals surface area contributed by atoms with Crippen LogP contribution in [-0.4, -0.2) is 22.9 Å². The van der Waals surface area contributed by atoms with Crippen LogP contribution in [0.15, 0.2) is 84.9 Å². The first-order chi connectivity index (χ1) is 14.2. The van der Waals surface area contributed by atoms with Crippen molar-refractivity contribution in [2.45, 2.75) is 31.5 Å². The molecule has 1 unspecified atom stereocenters. The molecule has 3 aromatic carbocycles. The van der Waals surface area contributed by atoms with Crippen LogP contribution >= 0.6 is 0 Å². The molecule has 0 heterocycles. The van der Waals surface area contributed by atoms with E-state index in [4.69, 9.17) is 4.74 Å². The molecule has 0 bridgehead atoms. The van der Waals surface area contributed by atoms with E-state index in [1.54, 1.807) is 12.1 Å². The van der Waals surface area contributed by atoms with Gasteiger partial charge in [-0.1, -0.05) is 78.9 Å². The van der Waals surface area contributed by atoms with E-state index in [0.717, 1.165) is 17.5 Å². The third-order valence-corrected chi connectivity index (χ3v) is 4.71. The standard InChI is InChI=1S/C26H27O3/c27-24(18-19-29-25-12-5-2-6-13-25)16-14-22-10-7-11-23(20-22)26(28)17-15-21-8-3-1-4-9-21/h1-12,14,16,20,24,26-28H,15,17-19H2/b16-14+/t24-,26?/m0/s1. The minimum atomic E-state index is -0.592. The van der Waals surface area contributed by atoms with Crippen LogP contribution in [0.3, 0.4) is 0 Å². The first kappa shape index (κ1) is 20.8. The average molecular weight is 387 g/mol. The third-order valence-electron chi connectivity index (χ3n) is 4.71. The second-order valence-electron chi connectivity index (χ2n) is 7.00. The summed E-state index contributed by atoms with van der Waals surface area (Å²) in [5.74, 6) is 0.681. The van der Waals surface area contributed by atoms with Gasteiger partial charge < -0.3 is 14.9 Å². The maximum atomic E-state index is 10.5. The Morgan fingerprint density at radius 3 is 2.52 bits per heavy atom. The van der Waals surface area contributed by atoms with Crippen molar-refractivity contribution in [2.24, 2.45) is 0 Å². The lowest BCUT2D eigenvalue weighted by molar-refractivity contribution is 0.168. The van der Waals surface area contributed by atoms with Gasteiger partial charge in [0.25, 0.3) is 0 Å². The molecule has 0 saturated carbocycles. The molecule has 3 nitrogen and oxygen atoms in total. The summed E-state index contributed by atoms with van der Waals surface area (Å²) in [6.07, 6.45) is 4.54. The van der Waals surface area contributed by atoms with Gasteiger partial charge in [0.05, 0.1) is 18.8 Å². The summed E-state index contributed by atoms with van der Waals surface area (Å²) in [6.45, 7) is 0.421. The lowest BCUT2D eigenvalue weighted by Gasteiger charge is -2.12. The van der Waals surface area contributed by atoms with Gasteiger partial charge in [-0.05, 0) is 41.7 Å². The second kappa shape index (κ2) is 11.2. The lowest BCUT2D eigenvalue weighted by Crippen LogP contribution is -2.09. The molecule has 2 N–H and O–H groups in total. The number of aryl methyl sites for hydroxylation is 1. The molecule has 0 aromatic heterocycles. The van der Waals surface area contributed by atoms with Crippen molar-refractivity contribution in [2.75, 3.05) is 6.61 Å². The molecule has 3 heteroatoms. The summed E-state index contributed by atoms with van der Waals surface area (Å²) < 4.78 is 5.56. The molecule has 0 amide bonds. The van der Waals surface area contributed by atoms with Crippen LogP contribution in [0.25, 0.3) is 6.08 Å². The van der Waals surface area contributed by atoms with E-state index >= 15 is 0 Å². The summed E-state index contributed by atoms with van der Waals surface area (Å²) in [5, 5.41) is 20.7. The lowest BCUT2D eigenvalue weighted by atomic mass is 9.99. The molecule has 1 radical (unpaired) electrons. The van der Waals surface area contributed by atoms with E-state index in [1.165, 1.54) is 5.56 Å². The van der Waals surface area contributed by atoms with Crippen molar-refractivity contribution in [1.82, 2.24) is 0 Å². The summed E-state index contributed by atoms with van der Waals surface area (Å²) in [4.78, 5) is 0. The maximum absolute atomic E-state index is 10.5. The molecular weight excluding hydrogens is 360 g/mol. The fraction of sp³-hybridized carbons (Fsp3) is 0.231. The molecule has 3 rings (SSSR count). The molecule has 29 heavy (non-hydrogen) atoms. The monoisotopic (exact) mass is 387 g/mol. The van der Waals surface area contributed by atoms with Gasteiger partial charge in [-0.2, -0.15) is 0 Å². The number of aliphatic hydroxyl groups excluding tert-OH is 2. The predicted octanol–water partition coefficient (Wildman–Crippen LogP) is 5.00. The third kappa shape index (κ3) is 7.22. The summed E-state index contributed by atoms with van der Waals surface area (Å²) in [7, 11) is 0. The van der Waals surface area contributed by atoms with Gasteiger partial charge in [0, 0.05) is 12.5 Å². The summed E-state index contributed by atoms with van der Waals surface area (Å²) in [5.41, 5.74) is 3.07. The first-order valence-corrected chi connectivity index (χ1v) is 9.98. The Morgan fingerprint density at radius 1 is 0.897 bits per heavy atom. The maximum Gasteiger partial charge on any atom is 0.127 e. The van der Waals surface area contributed by atoms with Crippen LogP contribution in [0.5, 0.6) is 5.75 Å². The zero-order valence-electron chi connectivity index (χ0n) is 16.4. The van der Waals surface area contributed by atoms with E-state index in [1.807, 2.05) is 66.7 Å². The number of ether oxygens (including phenoxy) is 1. The summed E-state index contributed by atoms with van der Waals surface area (Å²) in [6, 6.07) is 28.4. The van der Waals surface area contributed by atoms with Gasteiger partial charge in [0.15, 0.2) is 0 Å². The topological polar surface area (TPSA) is 49.7 Å². The highest BCUT2D eigenvalue weighted by molar-refractivity contribution is 5.51. The first-order valence-electron chi connectivity index (χ1n) is 9.98. The molecule has 0 aliphatic carbocycles. The van der Waals surface area contributed by atoms with Crippen molar-refractivity contribution >= 4 is 6.08 Å². The summed E-state index contributed by atoms with van der Waals surface area (Å²) >= 11 is 0. The molecule has 149 valence electrons. The Morgan fingerprint density at radius 2 is 1.72 bits per heavy atom. The molecule has 2 atom stereocenters. The Kier molecular flexibility index (Phi) is 8.05. The van der Waals surface area contributed by atoms with Crippen molar-refractivity contribution < 1.29 is 14.9 Å². The van der Waals surface area contributed by atoms with Crippen molar-refractivity contribution in [3.05, 3.63) is 108 Å². The van der Waals surface area contributed by atoms with Crippen LogP contribution in [0.1, 0.15) is 35.6 Å². The van der Waals surface area contributed by atoms with E-state index in [0.29, 0.717) is 25.2 Å². The van der Waals surface area contributed by atoms with E-state index in [9.17, 15) is 10.2 Å². The number of para-hydroxylation sites is 1. The Bertz CT molecular complexity index is 875. The van der Waals surface area contributed by atoms with E-state index in [2.05, 4.69) is 18.2 Å². The van der Waals surface area contributed by atoms with E-state index in [-0.39, 0.29) is 0 Å². The van der Waals surface area contributed by atoms with Gasteiger partial charge in [0.2, 0.25) is 0 Å². The molecule has 3 aromatic rings. The van der Waals surface area contributed by atoms with Gasteiger partial charge in [-0.25, -0.2) is 0 Å². The van der Waals surface area contributed by atoms with Gasteiger partial charge >= 0.3 is 0 Å². The molecule has 0 fully saturated rings. The molecule has 0 aliphatic rings. The zero-order chi connectivity index (χ0) is 20.3. The smallest absolute Gasteiger partial charge is 0.127 e. The molecular formula is C26H27O3. The number of benzene rings is 3. The zero-order valence-corrected chi connectivity index (χ0v) is 16.4. The molecule has 0 aliphatic heterocycles. The van der Waals surface area contributed by atoms with Gasteiger partial charge in [-0.3, -0.25) is 0 Å². The number of hydrogen-bond acceptors (Lipinski definition) is 3. The Hall–Kier alpha value is -2.88. The average Bonchev–Trinajstić information content (AvgIpc) is 2.78. The highest BCUT2D eigenvalue weighted by Gasteiger charge is 2.08. The highest BCUT2D eigenvalue weighted by atomic mass is 16.5. The Balaban J connectivity index is 1.47. The van der Waals surface area contributed by atoms with Crippen LogP contribution in [0, 0.1) is 6.07 Å². The van der Waals surface area contributed by atoms with Gasteiger partial charge in [0.1, 0.15) is 5.75 Å². The SMILES string of the molecule is OC(CCc1ccccc1)c1cccc(/C=C/[C@H](O)CCOc2[c]cccc2)c1. The number of aliphatic hydroxyl groups is 2. The minimum absolute atomic E-state index is 0.421. The normalized spacial score (nSPS) is 13.3. The van der Waals surface area contributed by atoms with Crippen LogP contribution in [0.2, 0.25) is 0 Å². The molecule has 0 spiro atoms. The number of hydrogen-bond donors (Lipinski definition) is 2. The Labute approximate surface area is 172 Å². The predicted molar refractivity (Wildman–Crippen MR) is 117 cm³/mol. The van der Waals surface area contributed by atoms with Crippen molar-refractivity contribution in [3.63, 3.8) is 0 Å². The van der Waals surface area contributed by atoms with Crippen LogP contribution < -0.4 is 4.74 Å².